The van der Waals surface area contributed by atoms with Gasteiger partial charge in [-0.15, -0.1) is 0 Å². The number of methoxy groups -OCH3 is 1. The fourth-order valence-electron chi connectivity index (χ4n) is 2.25. The van der Waals surface area contributed by atoms with Crippen LogP contribution in [0.3, 0.4) is 0 Å². The molecule has 0 fully saturated rings. The number of nitrogens with two attached hydrogens (primary N) is 1. The van der Waals surface area contributed by atoms with Crippen LogP contribution in [-0.2, 0) is 4.74 Å². The van der Waals surface area contributed by atoms with E-state index < -0.39 is 6.09 Å². The molecular formula is C16H14N4O3. The van der Waals surface area contributed by atoms with Crippen LogP contribution in [0.5, 0.6) is 0 Å². The van der Waals surface area contributed by atoms with Gasteiger partial charge in [-0.1, -0.05) is 30.3 Å². The summed E-state index contributed by atoms with van der Waals surface area (Å²) >= 11 is 0. The second-order valence-corrected chi connectivity index (χ2v) is 4.86. The van der Waals surface area contributed by atoms with Gasteiger partial charge < -0.3 is 15.5 Å². The zero-order valence-electron chi connectivity index (χ0n) is 12.3. The number of aromatic amines is 1. The van der Waals surface area contributed by atoms with Gasteiger partial charge in [0, 0.05) is 11.3 Å². The second kappa shape index (κ2) is 5.80. The number of carbonyl (C=O) groups excluding carboxylic acids is 1. The summed E-state index contributed by atoms with van der Waals surface area (Å²) in [5.74, 6) is 0. The number of fused-ring (bicyclic) bond motifs is 1. The monoisotopic (exact) mass is 310 g/mol. The number of benzene rings is 2. The quantitative estimate of drug-likeness (QED) is 0.629. The van der Waals surface area contributed by atoms with E-state index in [1.165, 1.54) is 7.11 Å². The molecule has 4 N–H and O–H groups in total. The van der Waals surface area contributed by atoms with E-state index in [-0.39, 0.29) is 5.56 Å². The van der Waals surface area contributed by atoms with Gasteiger partial charge in [0.2, 0.25) is 0 Å². The van der Waals surface area contributed by atoms with E-state index in [9.17, 15) is 9.59 Å². The fourth-order valence-corrected chi connectivity index (χ4v) is 2.25. The number of rotatable bonds is 2. The molecule has 3 rings (SSSR count). The topological polar surface area (TPSA) is 110 Å². The van der Waals surface area contributed by atoms with E-state index >= 15 is 0 Å². The third-order valence-corrected chi connectivity index (χ3v) is 3.31. The van der Waals surface area contributed by atoms with Crippen LogP contribution in [0.15, 0.2) is 47.3 Å². The van der Waals surface area contributed by atoms with Gasteiger partial charge >= 0.3 is 6.09 Å². The molecule has 3 aromatic rings. The predicted molar refractivity (Wildman–Crippen MR) is 88.2 cm³/mol. The molecule has 0 aliphatic carbocycles. The third-order valence-electron chi connectivity index (χ3n) is 3.31. The molecular weight excluding hydrogens is 296 g/mol. The Kier molecular flexibility index (Phi) is 3.68. The van der Waals surface area contributed by atoms with Crippen molar-refractivity contribution >= 4 is 28.5 Å². The summed E-state index contributed by atoms with van der Waals surface area (Å²) in [7, 11) is 1.26. The van der Waals surface area contributed by atoms with E-state index in [1.54, 1.807) is 24.3 Å². The zero-order chi connectivity index (χ0) is 16.4. The number of H-pyrrole nitrogens is 1. The van der Waals surface area contributed by atoms with E-state index in [0.29, 0.717) is 33.7 Å². The number of aromatic nitrogens is 2. The minimum atomic E-state index is -0.625. The average Bonchev–Trinajstić information content (AvgIpc) is 2.55. The molecule has 0 atom stereocenters. The van der Waals surface area contributed by atoms with Crippen LogP contribution in [0, 0.1) is 0 Å². The summed E-state index contributed by atoms with van der Waals surface area (Å²) < 4.78 is 4.53. The van der Waals surface area contributed by atoms with Crippen molar-refractivity contribution in [1.29, 1.82) is 0 Å². The van der Waals surface area contributed by atoms with Crippen molar-refractivity contribution in [2.24, 2.45) is 0 Å². The highest BCUT2D eigenvalue weighted by atomic mass is 16.5. The predicted octanol–water partition coefficient (Wildman–Crippen LogP) is 2.35. The molecule has 0 aliphatic rings. The molecule has 2 aromatic carbocycles. The lowest BCUT2D eigenvalue weighted by Crippen LogP contribution is -2.14. The summed E-state index contributed by atoms with van der Waals surface area (Å²) in [6, 6.07) is 12.2. The average molecular weight is 310 g/mol. The van der Waals surface area contributed by atoms with Crippen molar-refractivity contribution in [3.05, 3.63) is 52.8 Å². The van der Waals surface area contributed by atoms with Gasteiger partial charge in [0.25, 0.3) is 5.56 Å². The Morgan fingerprint density at radius 3 is 2.70 bits per heavy atom. The Morgan fingerprint density at radius 2 is 2.00 bits per heavy atom. The standard InChI is InChI=1S/C16H14N4O3/c1-23-16(22)18-10-7-11(17)14-12(8-10)19-15(21)13(20-14)9-5-3-2-4-6-9/h2-8H,17H2,1H3,(H,18,22)(H,19,21). The number of nitrogens with zero attached hydrogens (tertiary/aromatic N) is 1. The molecule has 0 spiro atoms. The Labute approximate surface area is 131 Å². The number of anilines is 2. The Hall–Kier alpha value is -3.35. The van der Waals surface area contributed by atoms with Crippen LogP contribution in [0.25, 0.3) is 22.3 Å². The summed E-state index contributed by atoms with van der Waals surface area (Å²) in [6.45, 7) is 0. The number of nitrogen functional groups attached to an aromatic ring is 1. The highest BCUT2D eigenvalue weighted by molar-refractivity contribution is 5.95. The summed E-state index contributed by atoms with van der Waals surface area (Å²) in [5.41, 5.74) is 8.28. The number of amides is 1. The minimum absolute atomic E-state index is 0.290. The lowest BCUT2D eigenvalue weighted by Gasteiger charge is -2.09. The molecule has 23 heavy (non-hydrogen) atoms. The van der Waals surface area contributed by atoms with Crippen molar-refractivity contribution < 1.29 is 9.53 Å². The molecule has 1 heterocycles. The van der Waals surface area contributed by atoms with E-state index in [1.807, 2.05) is 18.2 Å². The van der Waals surface area contributed by atoms with Crippen molar-refractivity contribution in [3.8, 4) is 11.3 Å². The van der Waals surface area contributed by atoms with Gasteiger partial charge in [-0.25, -0.2) is 9.78 Å². The molecule has 1 aromatic heterocycles. The molecule has 7 nitrogen and oxygen atoms in total. The summed E-state index contributed by atoms with van der Waals surface area (Å²) in [5, 5.41) is 2.50. The largest absolute Gasteiger partial charge is 0.453 e. The molecule has 0 unspecified atom stereocenters. The Balaban J connectivity index is 2.14. The molecule has 116 valence electrons. The first-order chi connectivity index (χ1) is 11.1. The molecule has 0 bridgehead atoms. The lowest BCUT2D eigenvalue weighted by atomic mass is 10.1. The first-order valence-electron chi connectivity index (χ1n) is 6.82. The molecule has 0 radical (unpaired) electrons. The number of ether oxygens (including phenoxy) is 1. The smallest absolute Gasteiger partial charge is 0.411 e. The van der Waals surface area contributed by atoms with E-state index in [0.717, 1.165) is 0 Å². The lowest BCUT2D eigenvalue weighted by molar-refractivity contribution is 0.187. The first kappa shape index (κ1) is 14.6. The van der Waals surface area contributed by atoms with Gasteiger partial charge in [0.1, 0.15) is 11.2 Å². The van der Waals surface area contributed by atoms with Crippen LogP contribution in [0.4, 0.5) is 16.2 Å². The van der Waals surface area contributed by atoms with E-state index in [2.05, 4.69) is 20.0 Å². The van der Waals surface area contributed by atoms with Crippen LogP contribution in [0.2, 0.25) is 0 Å². The third kappa shape index (κ3) is 2.84. The zero-order valence-corrected chi connectivity index (χ0v) is 12.3. The van der Waals surface area contributed by atoms with Gasteiger partial charge in [0.15, 0.2) is 0 Å². The molecule has 0 aliphatic heterocycles. The van der Waals surface area contributed by atoms with E-state index in [4.69, 9.17) is 5.73 Å². The van der Waals surface area contributed by atoms with Crippen molar-refractivity contribution in [2.75, 3.05) is 18.2 Å². The van der Waals surface area contributed by atoms with Crippen molar-refractivity contribution in [1.82, 2.24) is 9.97 Å². The number of carbonyl (C=O) groups is 1. The van der Waals surface area contributed by atoms with Crippen molar-refractivity contribution in [3.63, 3.8) is 0 Å². The van der Waals surface area contributed by atoms with Gasteiger partial charge in [0.05, 0.1) is 18.3 Å². The fraction of sp³-hybridized carbons (Fsp3) is 0.0625. The van der Waals surface area contributed by atoms with Crippen LogP contribution in [-0.4, -0.2) is 23.2 Å². The Morgan fingerprint density at radius 1 is 1.26 bits per heavy atom. The molecule has 0 saturated carbocycles. The van der Waals surface area contributed by atoms with Crippen LogP contribution in [0.1, 0.15) is 0 Å². The molecule has 1 amide bonds. The number of hydrogen-bond acceptors (Lipinski definition) is 5. The summed E-state index contributed by atoms with van der Waals surface area (Å²) in [6.07, 6.45) is -0.625. The second-order valence-electron chi connectivity index (χ2n) is 4.86. The van der Waals surface area contributed by atoms with Crippen LogP contribution >= 0.6 is 0 Å². The maximum Gasteiger partial charge on any atom is 0.411 e. The maximum absolute atomic E-state index is 12.3. The highest BCUT2D eigenvalue weighted by Crippen LogP contribution is 2.24. The van der Waals surface area contributed by atoms with Gasteiger partial charge in [-0.3, -0.25) is 10.1 Å². The molecule has 7 heteroatoms. The SMILES string of the molecule is COC(=O)Nc1cc(N)c2nc(-c3ccccc3)c(=O)[nH]c2c1. The Bertz CT molecular complexity index is 935. The summed E-state index contributed by atoms with van der Waals surface area (Å²) in [4.78, 5) is 30.6. The van der Waals surface area contributed by atoms with Crippen molar-refractivity contribution in [2.45, 2.75) is 0 Å². The maximum atomic E-state index is 12.3. The minimum Gasteiger partial charge on any atom is -0.453 e. The van der Waals surface area contributed by atoms with Gasteiger partial charge in [-0.05, 0) is 12.1 Å². The number of nitrogens with one attached hydrogen (secondary N) is 2. The highest BCUT2D eigenvalue weighted by Gasteiger charge is 2.11. The molecule has 0 saturated heterocycles. The number of hydrogen-bond donors (Lipinski definition) is 3. The first-order valence-corrected chi connectivity index (χ1v) is 6.82. The van der Waals surface area contributed by atoms with Gasteiger partial charge in [-0.2, -0.15) is 0 Å². The van der Waals surface area contributed by atoms with Crippen LogP contribution < -0.4 is 16.6 Å². The normalized spacial score (nSPS) is 10.5.